The molecule has 0 aliphatic carbocycles. The van der Waals surface area contributed by atoms with E-state index in [1.807, 2.05) is 30.3 Å². The van der Waals surface area contributed by atoms with Gasteiger partial charge >= 0.3 is 0 Å². The average molecular weight is 318 g/mol. The molecule has 6 nitrogen and oxygen atoms in total. The molecule has 1 aliphatic heterocycles. The van der Waals surface area contributed by atoms with Crippen molar-refractivity contribution < 1.29 is 9.21 Å². The van der Waals surface area contributed by atoms with Crippen molar-refractivity contribution >= 4 is 17.7 Å². The molecular weight excluding hydrogens is 300 g/mol. The topological polar surface area (TPSA) is 78.3 Å². The van der Waals surface area contributed by atoms with Crippen LogP contribution in [0.1, 0.15) is 10.4 Å². The van der Waals surface area contributed by atoms with Gasteiger partial charge in [-0.2, -0.15) is 5.53 Å². The summed E-state index contributed by atoms with van der Waals surface area (Å²) in [5.74, 6) is 1.55. The Morgan fingerprint density at radius 2 is 2.32 bits per heavy atom. The second-order valence-electron chi connectivity index (χ2n) is 4.82. The van der Waals surface area contributed by atoms with E-state index in [1.165, 1.54) is 0 Å². The molecule has 4 N–H and O–H groups in total. The van der Waals surface area contributed by atoms with Gasteiger partial charge in [-0.15, -0.1) is 11.8 Å². The molecule has 1 saturated heterocycles. The van der Waals surface area contributed by atoms with Crippen LogP contribution in [0.5, 0.6) is 0 Å². The second kappa shape index (κ2) is 7.46. The quantitative estimate of drug-likeness (QED) is 0.602. The number of carbonyl (C=O) groups excluding carboxylic acids is 1. The van der Waals surface area contributed by atoms with E-state index < -0.39 is 0 Å². The zero-order chi connectivity index (χ0) is 15.2. The number of benzene rings is 1. The lowest BCUT2D eigenvalue weighted by atomic mass is 10.1. The number of nitrogens with one attached hydrogen (secondary N) is 4. The van der Waals surface area contributed by atoms with Crippen molar-refractivity contribution in [2.45, 2.75) is 5.37 Å². The van der Waals surface area contributed by atoms with Gasteiger partial charge in [-0.05, 0) is 24.3 Å². The van der Waals surface area contributed by atoms with Gasteiger partial charge in [0.1, 0.15) is 5.76 Å². The minimum atomic E-state index is -0.0652. The minimum absolute atomic E-state index is 0.0652. The third kappa shape index (κ3) is 3.89. The molecule has 2 heterocycles. The summed E-state index contributed by atoms with van der Waals surface area (Å²) in [6.07, 6.45) is 1.63. The zero-order valence-electron chi connectivity index (χ0n) is 12.0. The van der Waals surface area contributed by atoms with Crippen molar-refractivity contribution in [3.63, 3.8) is 0 Å². The molecule has 1 aromatic heterocycles. The molecule has 22 heavy (non-hydrogen) atoms. The molecule has 0 bridgehead atoms. The molecule has 1 atom stereocenters. The summed E-state index contributed by atoms with van der Waals surface area (Å²) < 4.78 is 5.36. The molecule has 0 saturated carbocycles. The van der Waals surface area contributed by atoms with Crippen LogP contribution in [-0.4, -0.2) is 30.1 Å². The van der Waals surface area contributed by atoms with E-state index in [-0.39, 0.29) is 5.91 Å². The molecular formula is C15H18N4O2S. The Hall–Kier alpha value is -1.80. The van der Waals surface area contributed by atoms with Crippen molar-refractivity contribution in [3.8, 4) is 11.3 Å². The van der Waals surface area contributed by atoms with Gasteiger partial charge in [-0.1, -0.05) is 12.1 Å². The summed E-state index contributed by atoms with van der Waals surface area (Å²) >= 11 is 1.76. The van der Waals surface area contributed by atoms with Crippen LogP contribution < -0.4 is 21.7 Å². The molecule has 0 spiro atoms. The Kier molecular flexibility index (Phi) is 5.12. The molecule has 0 radical (unpaired) electrons. The van der Waals surface area contributed by atoms with Crippen LogP contribution in [-0.2, 0) is 0 Å². The summed E-state index contributed by atoms with van der Waals surface area (Å²) in [6, 6.07) is 11.2. The van der Waals surface area contributed by atoms with Crippen LogP contribution in [0.15, 0.2) is 47.1 Å². The molecule has 1 aliphatic rings. The van der Waals surface area contributed by atoms with Crippen LogP contribution in [0.25, 0.3) is 11.3 Å². The third-order valence-corrected chi connectivity index (χ3v) is 4.37. The first kappa shape index (κ1) is 15.1. The summed E-state index contributed by atoms with van der Waals surface area (Å²) in [5.41, 5.74) is 10.5. The van der Waals surface area contributed by atoms with Crippen molar-refractivity contribution in [2.24, 2.45) is 0 Å². The molecule has 7 heteroatoms. The van der Waals surface area contributed by atoms with Crippen molar-refractivity contribution in [1.82, 2.24) is 21.7 Å². The molecule has 116 valence electrons. The molecule has 1 amide bonds. The van der Waals surface area contributed by atoms with Crippen molar-refractivity contribution in [3.05, 3.63) is 48.2 Å². The number of hydrazine groups is 2. The van der Waals surface area contributed by atoms with Gasteiger partial charge in [0.2, 0.25) is 0 Å². The largest absolute Gasteiger partial charge is 0.464 e. The highest BCUT2D eigenvalue weighted by atomic mass is 32.2. The first-order valence-electron chi connectivity index (χ1n) is 7.10. The Bertz CT molecular complexity index is 612. The maximum atomic E-state index is 12.2. The molecule has 1 unspecified atom stereocenters. The van der Waals surface area contributed by atoms with E-state index in [4.69, 9.17) is 4.42 Å². The lowest BCUT2D eigenvalue weighted by Crippen LogP contribution is -2.33. The highest BCUT2D eigenvalue weighted by Gasteiger charge is 2.13. The lowest BCUT2D eigenvalue weighted by molar-refractivity contribution is 0.0956. The van der Waals surface area contributed by atoms with E-state index >= 15 is 0 Å². The number of hydrogen-bond acceptors (Lipinski definition) is 6. The van der Waals surface area contributed by atoms with Gasteiger partial charge < -0.3 is 9.73 Å². The fraction of sp³-hybridized carbons (Fsp3) is 0.267. The summed E-state index contributed by atoms with van der Waals surface area (Å²) in [4.78, 5) is 12.2. The van der Waals surface area contributed by atoms with Gasteiger partial charge in [0.15, 0.2) is 0 Å². The van der Waals surface area contributed by atoms with Crippen LogP contribution in [0.3, 0.4) is 0 Å². The fourth-order valence-electron chi connectivity index (χ4n) is 2.15. The summed E-state index contributed by atoms with van der Waals surface area (Å²) in [5, 5.41) is 3.27. The van der Waals surface area contributed by atoms with Crippen LogP contribution in [0.4, 0.5) is 0 Å². The normalized spacial score (nSPS) is 17.5. The van der Waals surface area contributed by atoms with E-state index in [9.17, 15) is 4.79 Å². The Labute approximate surface area is 133 Å². The highest BCUT2D eigenvalue weighted by Crippen LogP contribution is 2.20. The average Bonchev–Trinajstić information content (AvgIpc) is 3.24. The highest BCUT2D eigenvalue weighted by molar-refractivity contribution is 7.99. The molecule has 3 rings (SSSR count). The number of amides is 1. The van der Waals surface area contributed by atoms with Gasteiger partial charge in [-0.25, -0.2) is 10.9 Å². The third-order valence-electron chi connectivity index (χ3n) is 3.25. The molecule has 2 aromatic rings. The first-order chi connectivity index (χ1) is 10.8. The Balaban J connectivity index is 1.50. The smallest absolute Gasteiger partial charge is 0.251 e. The van der Waals surface area contributed by atoms with Gasteiger partial charge in [0.25, 0.3) is 5.91 Å². The van der Waals surface area contributed by atoms with Crippen LogP contribution >= 0.6 is 11.8 Å². The zero-order valence-corrected chi connectivity index (χ0v) is 12.8. The maximum Gasteiger partial charge on any atom is 0.251 e. The Morgan fingerprint density at radius 3 is 3.09 bits per heavy atom. The predicted molar refractivity (Wildman–Crippen MR) is 87.0 cm³/mol. The molecule has 1 fully saturated rings. The molecule has 1 aromatic carbocycles. The van der Waals surface area contributed by atoms with Crippen molar-refractivity contribution in [1.29, 1.82) is 0 Å². The summed E-state index contributed by atoms with van der Waals surface area (Å²) in [7, 11) is 0. The minimum Gasteiger partial charge on any atom is -0.464 e. The number of furan rings is 1. The van der Waals surface area contributed by atoms with E-state index in [2.05, 4.69) is 21.7 Å². The number of hydrogen-bond donors (Lipinski definition) is 4. The number of carbonyl (C=O) groups is 1. The van der Waals surface area contributed by atoms with Crippen LogP contribution in [0.2, 0.25) is 0 Å². The van der Waals surface area contributed by atoms with E-state index in [0.29, 0.717) is 17.5 Å². The lowest BCUT2D eigenvalue weighted by Gasteiger charge is -2.09. The SMILES string of the molecule is O=C(NCCSC1CNNN1)c1cccc(-c2ccco2)c1. The maximum absolute atomic E-state index is 12.2. The van der Waals surface area contributed by atoms with Crippen molar-refractivity contribution in [2.75, 3.05) is 18.8 Å². The first-order valence-corrected chi connectivity index (χ1v) is 8.15. The van der Waals surface area contributed by atoms with Gasteiger partial charge in [-0.3, -0.25) is 4.79 Å². The second-order valence-corrected chi connectivity index (χ2v) is 6.13. The van der Waals surface area contributed by atoms with E-state index in [0.717, 1.165) is 23.6 Å². The monoisotopic (exact) mass is 318 g/mol. The fourth-order valence-corrected chi connectivity index (χ4v) is 3.00. The van der Waals surface area contributed by atoms with E-state index in [1.54, 1.807) is 24.1 Å². The standard InChI is InChI=1S/C15H18N4O2S/c20-15(16-6-8-22-14-10-17-19-18-14)12-4-1-3-11(9-12)13-5-2-7-21-13/h1-5,7,9,14,17-19H,6,8,10H2,(H,16,20). The number of rotatable bonds is 6. The number of thioether (sulfide) groups is 1. The Morgan fingerprint density at radius 1 is 1.36 bits per heavy atom. The van der Waals surface area contributed by atoms with Gasteiger partial charge in [0, 0.05) is 30.0 Å². The van der Waals surface area contributed by atoms with Gasteiger partial charge in [0.05, 0.1) is 11.6 Å². The van der Waals surface area contributed by atoms with Crippen LogP contribution in [0, 0.1) is 0 Å². The predicted octanol–water partition coefficient (Wildman–Crippen LogP) is 1.35. The summed E-state index contributed by atoms with van der Waals surface area (Å²) in [6.45, 7) is 1.50.